The molecule has 3 aromatic rings. The van der Waals surface area contributed by atoms with Crippen LogP contribution in [0.5, 0.6) is 0 Å². The molecule has 2 heterocycles. The number of nitrogens with zero attached hydrogens (tertiary/aromatic N) is 2. The molecule has 0 radical (unpaired) electrons. The normalized spacial score (nSPS) is 11.8. The number of hydrogen-bond acceptors (Lipinski definition) is 5. The Hall–Kier alpha value is -1.99. The Morgan fingerprint density at radius 1 is 1.04 bits per heavy atom. The summed E-state index contributed by atoms with van der Waals surface area (Å²) in [4.78, 5) is 9.95. The Morgan fingerprint density at radius 2 is 1.74 bits per heavy atom. The number of aryl methyl sites for hydroxylation is 3. The van der Waals surface area contributed by atoms with Gasteiger partial charge in [-0.3, -0.25) is 4.72 Å². The summed E-state index contributed by atoms with van der Waals surface area (Å²) in [5.74, 6) is 0. The van der Waals surface area contributed by atoms with E-state index in [1.807, 2.05) is 26.8 Å². The van der Waals surface area contributed by atoms with Crippen molar-refractivity contribution in [2.45, 2.75) is 31.4 Å². The van der Waals surface area contributed by atoms with Crippen LogP contribution in [-0.4, -0.2) is 18.4 Å². The first kappa shape index (κ1) is 15.9. The molecule has 120 valence electrons. The Morgan fingerprint density at radius 3 is 2.39 bits per heavy atom. The van der Waals surface area contributed by atoms with Crippen molar-refractivity contribution in [1.82, 2.24) is 9.97 Å². The van der Waals surface area contributed by atoms with Crippen LogP contribution in [0.25, 0.3) is 11.0 Å². The highest BCUT2D eigenvalue weighted by molar-refractivity contribution is 7.94. The second-order valence-corrected chi connectivity index (χ2v) is 8.36. The molecule has 0 bridgehead atoms. The van der Waals surface area contributed by atoms with E-state index in [-0.39, 0.29) is 0 Å². The molecule has 23 heavy (non-hydrogen) atoms. The topological polar surface area (TPSA) is 72.0 Å². The maximum absolute atomic E-state index is 12.5. The molecule has 0 aliphatic heterocycles. The minimum Gasteiger partial charge on any atom is -0.279 e. The Kier molecular flexibility index (Phi) is 4.08. The highest BCUT2D eigenvalue weighted by Gasteiger charge is 2.17. The number of fused-ring (bicyclic) bond motifs is 1. The molecule has 0 aliphatic rings. The summed E-state index contributed by atoms with van der Waals surface area (Å²) < 4.78 is 27.8. The van der Waals surface area contributed by atoms with Crippen molar-refractivity contribution in [2.75, 3.05) is 4.72 Å². The number of hydrogen-bond donors (Lipinski definition) is 1. The average molecular weight is 347 g/mol. The number of nitrogens with one attached hydrogen (secondary N) is 1. The van der Waals surface area contributed by atoms with E-state index >= 15 is 0 Å². The van der Waals surface area contributed by atoms with Crippen LogP contribution >= 0.6 is 11.3 Å². The van der Waals surface area contributed by atoms with E-state index in [4.69, 9.17) is 0 Å². The van der Waals surface area contributed by atoms with Crippen molar-refractivity contribution < 1.29 is 8.42 Å². The van der Waals surface area contributed by atoms with Gasteiger partial charge in [0.1, 0.15) is 4.21 Å². The van der Waals surface area contributed by atoms with Crippen molar-refractivity contribution in [3.8, 4) is 0 Å². The minimum atomic E-state index is -3.57. The van der Waals surface area contributed by atoms with Gasteiger partial charge in [0.05, 0.1) is 28.1 Å². The Balaban J connectivity index is 1.95. The SMILES string of the molecule is CCc1ccc(S(=O)(=O)Nc2ccc3nc(C)c(C)nc3c2)s1. The molecule has 0 atom stereocenters. The summed E-state index contributed by atoms with van der Waals surface area (Å²) in [7, 11) is -3.57. The lowest BCUT2D eigenvalue weighted by Gasteiger charge is -2.08. The van der Waals surface area contributed by atoms with Crippen molar-refractivity contribution >= 4 is 38.1 Å². The lowest BCUT2D eigenvalue weighted by atomic mass is 10.2. The van der Waals surface area contributed by atoms with Gasteiger partial charge in [-0.05, 0) is 50.6 Å². The van der Waals surface area contributed by atoms with Crippen LogP contribution in [-0.2, 0) is 16.4 Å². The fourth-order valence-corrected chi connectivity index (χ4v) is 4.54. The van der Waals surface area contributed by atoms with Gasteiger partial charge in [0, 0.05) is 4.88 Å². The number of rotatable bonds is 4. The van der Waals surface area contributed by atoms with Crippen molar-refractivity contribution in [2.24, 2.45) is 0 Å². The van der Waals surface area contributed by atoms with E-state index < -0.39 is 10.0 Å². The third kappa shape index (κ3) is 3.20. The largest absolute Gasteiger partial charge is 0.279 e. The minimum absolute atomic E-state index is 0.320. The summed E-state index contributed by atoms with van der Waals surface area (Å²) in [5.41, 5.74) is 3.62. The number of anilines is 1. The fourth-order valence-electron chi connectivity index (χ4n) is 2.19. The van der Waals surface area contributed by atoms with Crippen LogP contribution in [0.1, 0.15) is 23.2 Å². The molecular weight excluding hydrogens is 330 g/mol. The van der Waals surface area contributed by atoms with E-state index in [0.717, 1.165) is 28.2 Å². The fraction of sp³-hybridized carbons (Fsp3) is 0.250. The zero-order valence-corrected chi connectivity index (χ0v) is 14.8. The smallest absolute Gasteiger partial charge is 0.271 e. The predicted molar refractivity (Wildman–Crippen MR) is 93.5 cm³/mol. The van der Waals surface area contributed by atoms with Gasteiger partial charge in [-0.1, -0.05) is 6.92 Å². The van der Waals surface area contributed by atoms with Gasteiger partial charge in [-0.25, -0.2) is 18.4 Å². The van der Waals surface area contributed by atoms with Gasteiger partial charge in [0.2, 0.25) is 0 Å². The van der Waals surface area contributed by atoms with Gasteiger partial charge in [0.15, 0.2) is 0 Å². The highest BCUT2D eigenvalue weighted by Crippen LogP contribution is 2.25. The molecule has 1 N–H and O–H groups in total. The van der Waals surface area contributed by atoms with E-state index in [9.17, 15) is 8.42 Å². The molecule has 1 aromatic carbocycles. The summed E-state index contributed by atoms with van der Waals surface area (Å²) in [6.45, 7) is 5.79. The van der Waals surface area contributed by atoms with Gasteiger partial charge < -0.3 is 0 Å². The van der Waals surface area contributed by atoms with Crippen LogP contribution < -0.4 is 4.72 Å². The van der Waals surface area contributed by atoms with Crippen molar-refractivity contribution in [3.05, 3.63) is 46.6 Å². The van der Waals surface area contributed by atoms with Crippen molar-refractivity contribution in [1.29, 1.82) is 0 Å². The van der Waals surface area contributed by atoms with Crippen LogP contribution in [0, 0.1) is 13.8 Å². The molecule has 2 aromatic heterocycles. The van der Waals surface area contributed by atoms with Crippen LogP contribution in [0.3, 0.4) is 0 Å². The van der Waals surface area contributed by atoms with Gasteiger partial charge >= 0.3 is 0 Å². The summed E-state index contributed by atoms with van der Waals surface area (Å²) in [6.07, 6.45) is 0.824. The first-order valence-corrected chi connectivity index (χ1v) is 9.55. The van der Waals surface area contributed by atoms with Gasteiger partial charge in [-0.2, -0.15) is 0 Å². The quantitative estimate of drug-likeness (QED) is 0.781. The predicted octanol–water partition coefficient (Wildman–Crippen LogP) is 3.67. The molecular formula is C16H17N3O2S2. The number of sulfonamides is 1. The first-order valence-electron chi connectivity index (χ1n) is 7.25. The molecule has 0 fully saturated rings. The molecule has 0 amide bonds. The van der Waals surface area contributed by atoms with E-state index in [0.29, 0.717) is 15.4 Å². The lowest BCUT2D eigenvalue weighted by Crippen LogP contribution is -2.11. The summed E-state index contributed by atoms with van der Waals surface area (Å²) >= 11 is 1.29. The maximum atomic E-state index is 12.5. The average Bonchev–Trinajstić information content (AvgIpc) is 2.98. The molecule has 5 nitrogen and oxygen atoms in total. The van der Waals surface area contributed by atoms with Gasteiger partial charge in [-0.15, -0.1) is 11.3 Å². The van der Waals surface area contributed by atoms with Crippen molar-refractivity contribution in [3.63, 3.8) is 0 Å². The molecule has 0 aliphatic carbocycles. The second kappa shape index (κ2) is 5.90. The molecule has 0 spiro atoms. The summed E-state index contributed by atoms with van der Waals surface area (Å²) in [6, 6.07) is 8.67. The Labute approximate surface area is 139 Å². The van der Waals surface area contributed by atoms with Crippen LogP contribution in [0.4, 0.5) is 5.69 Å². The molecule has 3 rings (SSSR count). The third-order valence-corrected chi connectivity index (χ3v) is 6.68. The van der Waals surface area contributed by atoms with E-state index in [1.165, 1.54) is 11.3 Å². The maximum Gasteiger partial charge on any atom is 0.271 e. The molecule has 0 unspecified atom stereocenters. The summed E-state index contributed by atoms with van der Waals surface area (Å²) in [5, 5.41) is 0. The van der Waals surface area contributed by atoms with Crippen LogP contribution in [0.15, 0.2) is 34.5 Å². The first-order chi connectivity index (χ1) is 10.9. The Bertz CT molecular complexity index is 978. The van der Waals surface area contributed by atoms with Gasteiger partial charge in [0.25, 0.3) is 10.0 Å². The second-order valence-electron chi connectivity index (χ2n) is 5.28. The standard InChI is InChI=1S/C16H17N3O2S2/c1-4-13-6-8-16(22-13)23(20,21)19-12-5-7-14-15(9-12)18-11(3)10(2)17-14/h5-9,19H,4H2,1-3H3. The lowest BCUT2D eigenvalue weighted by molar-refractivity contribution is 0.603. The monoisotopic (exact) mass is 347 g/mol. The molecule has 0 saturated carbocycles. The highest BCUT2D eigenvalue weighted by atomic mass is 32.2. The number of thiophene rings is 1. The zero-order valence-electron chi connectivity index (χ0n) is 13.1. The van der Waals surface area contributed by atoms with Crippen LogP contribution in [0.2, 0.25) is 0 Å². The van der Waals surface area contributed by atoms with E-state index in [2.05, 4.69) is 14.7 Å². The zero-order chi connectivity index (χ0) is 16.6. The number of aromatic nitrogens is 2. The number of benzene rings is 1. The van der Waals surface area contributed by atoms with E-state index in [1.54, 1.807) is 24.3 Å². The molecule has 0 saturated heterocycles. The third-order valence-electron chi connectivity index (χ3n) is 3.58. The molecule has 7 heteroatoms.